The van der Waals surface area contributed by atoms with E-state index in [1.54, 1.807) is 18.9 Å². The number of amides is 1. The van der Waals surface area contributed by atoms with E-state index in [4.69, 9.17) is 9.84 Å². The normalized spacial score (nSPS) is 18.2. The Hall–Kier alpha value is -0.300. The summed E-state index contributed by atoms with van der Waals surface area (Å²) >= 11 is 1.76. The molecule has 0 spiro atoms. The van der Waals surface area contributed by atoms with E-state index in [0.29, 0.717) is 13.2 Å². The predicted molar refractivity (Wildman–Crippen MR) is 78.5 cm³/mol. The Balaban J connectivity index is 2.28. The second kappa shape index (κ2) is 9.58. The van der Waals surface area contributed by atoms with Gasteiger partial charge in [-0.15, -0.1) is 0 Å². The lowest BCUT2D eigenvalue weighted by Crippen LogP contribution is -2.50. The first-order valence-electron chi connectivity index (χ1n) is 6.92. The van der Waals surface area contributed by atoms with Crippen molar-refractivity contribution in [3.05, 3.63) is 0 Å². The van der Waals surface area contributed by atoms with Gasteiger partial charge in [-0.3, -0.25) is 4.79 Å². The van der Waals surface area contributed by atoms with Crippen molar-refractivity contribution in [2.75, 3.05) is 51.5 Å². The Morgan fingerprint density at radius 3 is 2.79 bits per heavy atom. The summed E-state index contributed by atoms with van der Waals surface area (Å²) < 4.78 is 5.24. The van der Waals surface area contributed by atoms with E-state index >= 15 is 0 Å². The lowest BCUT2D eigenvalue weighted by Gasteiger charge is -2.35. The Bertz CT molecular complexity index is 253. The van der Waals surface area contributed by atoms with Gasteiger partial charge in [0, 0.05) is 26.0 Å². The van der Waals surface area contributed by atoms with Crippen molar-refractivity contribution in [2.45, 2.75) is 19.3 Å². The smallest absolute Gasteiger partial charge is 0.228 e. The number of hydrogen-bond acceptors (Lipinski definition) is 5. The topological polar surface area (TPSA) is 70.6 Å². The van der Waals surface area contributed by atoms with Gasteiger partial charge in [-0.1, -0.05) is 0 Å². The molecular formula is C13H26N2O3S. The minimum Gasteiger partial charge on any atom is -0.396 e. The molecule has 0 aromatic heterocycles. The maximum atomic E-state index is 12.3. The predicted octanol–water partition coefficient (Wildman–Crippen LogP) is 0.234. The zero-order valence-electron chi connectivity index (χ0n) is 11.7. The van der Waals surface area contributed by atoms with E-state index in [9.17, 15) is 4.79 Å². The van der Waals surface area contributed by atoms with Gasteiger partial charge < -0.3 is 20.5 Å². The molecule has 112 valence electrons. The van der Waals surface area contributed by atoms with Crippen molar-refractivity contribution in [2.24, 2.45) is 5.41 Å². The van der Waals surface area contributed by atoms with Gasteiger partial charge in [0.1, 0.15) is 0 Å². The number of piperidine rings is 1. The molecule has 6 heteroatoms. The number of hydrogen-bond donors (Lipinski definition) is 3. The Kier molecular flexibility index (Phi) is 8.45. The summed E-state index contributed by atoms with van der Waals surface area (Å²) in [5, 5.41) is 15.0. The quantitative estimate of drug-likeness (QED) is 0.531. The average Bonchev–Trinajstić information content (AvgIpc) is 2.44. The number of aliphatic hydroxyl groups is 1. The SMILES string of the molecule is COCC1(C(=O)NCCSCCCO)CCNCC1. The summed E-state index contributed by atoms with van der Waals surface area (Å²) in [7, 11) is 1.65. The Morgan fingerprint density at radius 2 is 2.16 bits per heavy atom. The molecule has 0 aromatic rings. The second-order valence-electron chi connectivity index (χ2n) is 4.91. The van der Waals surface area contributed by atoms with Gasteiger partial charge in [0.25, 0.3) is 0 Å². The summed E-state index contributed by atoms with van der Waals surface area (Å²) in [6.07, 6.45) is 2.49. The number of carbonyl (C=O) groups is 1. The van der Waals surface area contributed by atoms with Crippen LogP contribution < -0.4 is 10.6 Å². The monoisotopic (exact) mass is 290 g/mol. The van der Waals surface area contributed by atoms with Crippen molar-refractivity contribution < 1.29 is 14.6 Å². The molecule has 0 bridgehead atoms. The molecule has 1 rings (SSSR count). The largest absolute Gasteiger partial charge is 0.396 e. The van der Waals surface area contributed by atoms with Crippen LogP contribution in [0.25, 0.3) is 0 Å². The van der Waals surface area contributed by atoms with Crippen LogP contribution in [0.15, 0.2) is 0 Å². The summed E-state index contributed by atoms with van der Waals surface area (Å²) in [6, 6.07) is 0. The number of ether oxygens (including phenoxy) is 1. The van der Waals surface area contributed by atoms with E-state index in [-0.39, 0.29) is 17.9 Å². The molecule has 3 N–H and O–H groups in total. The minimum atomic E-state index is -0.351. The number of carbonyl (C=O) groups excluding carboxylic acids is 1. The van der Waals surface area contributed by atoms with Gasteiger partial charge in [0.15, 0.2) is 0 Å². The fraction of sp³-hybridized carbons (Fsp3) is 0.923. The van der Waals surface area contributed by atoms with Crippen LogP contribution in [-0.4, -0.2) is 62.5 Å². The lowest BCUT2D eigenvalue weighted by atomic mass is 9.78. The van der Waals surface area contributed by atoms with Gasteiger partial charge in [0.05, 0.1) is 12.0 Å². The molecule has 0 unspecified atom stereocenters. The number of aliphatic hydroxyl groups excluding tert-OH is 1. The van der Waals surface area contributed by atoms with Crippen molar-refractivity contribution in [3.8, 4) is 0 Å². The van der Waals surface area contributed by atoms with Gasteiger partial charge in [-0.05, 0) is 38.1 Å². The number of nitrogens with one attached hydrogen (secondary N) is 2. The standard InChI is InChI=1S/C13H26N2O3S/c1-18-11-13(3-5-14-6-4-13)12(17)15-7-10-19-9-2-8-16/h14,16H,2-11H2,1H3,(H,15,17). The Morgan fingerprint density at radius 1 is 1.42 bits per heavy atom. The first kappa shape index (κ1) is 16.8. The van der Waals surface area contributed by atoms with E-state index in [1.165, 1.54) is 0 Å². The second-order valence-corrected chi connectivity index (χ2v) is 6.13. The molecule has 1 aliphatic heterocycles. The highest BCUT2D eigenvalue weighted by atomic mass is 32.2. The fourth-order valence-corrected chi connectivity index (χ4v) is 3.10. The van der Waals surface area contributed by atoms with Gasteiger partial charge in [-0.2, -0.15) is 11.8 Å². The number of thioether (sulfide) groups is 1. The molecule has 1 fully saturated rings. The molecule has 1 saturated heterocycles. The molecule has 1 aliphatic rings. The molecule has 5 nitrogen and oxygen atoms in total. The third kappa shape index (κ3) is 5.69. The van der Waals surface area contributed by atoms with E-state index in [1.807, 2.05) is 0 Å². The summed E-state index contributed by atoms with van der Waals surface area (Å²) in [5.74, 6) is 1.96. The Labute approximate surface area is 119 Å². The minimum absolute atomic E-state index is 0.124. The molecule has 1 heterocycles. The van der Waals surface area contributed by atoms with Crippen LogP contribution in [0.4, 0.5) is 0 Å². The molecular weight excluding hydrogens is 264 g/mol. The van der Waals surface area contributed by atoms with Crippen LogP contribution >= 0.6 is 11.8 Å². The van der Waals surface area contributed by atoms with Crippen LogP contribution in [0.3, 0.4) is 0 Å². The summed E-state index contributed by atoms with van der Waals surface area (Å²) in [4.78, 5) is 12.3. The maximum Gasteiger partial charge on any atom is 0.228 e. The third-order valence-electron chi connectivity index (χ3n) is 3.44. The highest BCUT2D eigenvalue weighted by Crippen LogP contribution is 2.29. The molecule has 0 saturated carbocycles. The summed E-state index contributed by atoms with van der Waals surface area (Å²) in [5.41, 5.74) is -0.351. The van der Waals surface area contributed by atoms with Crippen LogP contribution in [0.2, 0.25) is 0 Å². The lowest BCUT2D eigenvalue weighted by molar-refractivity contribution is -0.136. The molecule has 19 heavy (non-hydrogen) atoms. The molecule has 0 radical (unpaired) electrons. The number of methoxy groups -OCH3 is 1. The molecule has 0 aliphatic carbocycles. The zero-order valence-corrected chi connectivity index (χ0v) is 12.6. The first-order chi connectivity index (χ1) is 9.25. The first-order valence-corrected chi connectivity index (χ1v) is 8.07. The third-order valence-corrected chi connectivity index (χ3v) is 4.51. The van der Waals surface area contributed by atoms with E-state index in [2.05, 4.69) is 10.6 Å². The average molecular weight is 290 g/mol. The highest BCUT2D eigenvalue weighted by Gasteiger charge is 2.39. The van der Waals surface area contributed by atoms with Crippen LogP contribution in [0.5, 0.6) is 0 Å². The van der Waals surface area contributed by atoms with Gasteiger partial charge in [0.2, 0.25) is 5.91 Å². The van der Waals surface area contributed by atoms with Crippen LogP contribution in [0.1, 0.15) is 19.3 Å². The number of rotatable bonds is 9. The molecule has 0 atom stereocenters. The fourth-order valence-electron chi connectivity index (χ4n) is 2.31. The van der Waals surface area contributed by atoms with Crippen LogP contribution in [-0.2, 0) is 9.53 Å². The van der Waals surface area contributed by atoms with Crippen molar-refractivity contribution >= 4 is 17.7 Å². The van der Waals surface area contributed by atoms with Gasteiger partial charge in [-0.25, -0.2) is 0 Å². The van der Waals surface area contributed by atoms with Crippen LogP contribution in [0, 0.1) is 5.41 Å². The van der Waals surface area contributed by atoms with Crippen molar-refractivity contribution in [1.29, 1.82) is 0 Å². The summed E-state index contributed by atoms with van der Waals surface area (Å²) in [6.45, 7) is 3.18. The maximum absolute atomic E-state index is 12.3. The molecule has 1 amide bonds. The van der Waals surface area contributed by atoms with E-state index < -0.39 is 0 Å². The molecule has 0 aromatic carbocycles. The van der Waals surface area contributed by atoms with E-state index in [0.717, 1.165) is 43.9 Å². The highest BCUT2D eigenvalue weighted by molar-refractivity contribution is 7.99. The van der Waals surface area contributed by atoms with Crippen molar-refractivity contribution in [3.63, 3.8) is 0 Å². The van der Waals surface area contributed by atoms with Crippen molar-refractivity contribution in [1.82, 2.24) is 10.6 Å². The van der Waals surface area contributed by atoms with Gasteiger partial charge >= 0.3 is 0 Å². The zero-order chi connectivity index (χ0) is 14.0.